The Hall–Kier alpha value is -0.545. The van der Waals surface area contributed by atoms with E-state index < -0.39 is 0 Å². The van der Waals surface area contributed by atoms with Crippen molar-refractivity contribution in [1.29, 1.82) is 0 Å². The second-order valence-electron chi connectivity index (χ2n) is 10.9. The molecule has 150 valence electrons. The summed E-state index contributed by atoms with van der Waals surface area (Å²) in [5.74, 6) is 1.18. The van der Waals surface area contributed by atoms with Crippen LogP contribution in [0.25, 0.3) is 0 Å². The van der Waals surface area contributed by atoms with Crippen LogP contribution in [0.5, 0.6) is 0 Å². The van der Waals surface area contributed by atoms with Crippen LogP contribution < -0.4 is 5.32 Å². The van der Waals surface area contributed by atoms with E-state index in [4.69, 9.17) is 9.31 Å². The van der Waals surface area contributed by atoms with Crippen LogP contribution in [-0.4, -0.2) is 29.8 Å². The van der Waals surface area contributed by atoms with Crippen LogP contribution in [0.15, 0.2) is 0 Å². The van der Waals surface area contributed by atoms with Gasteiger partial charge in [0.1, 0.15) is 0 Å². The number of rotatable bonds is 4. The van der Waals surface area contributed by atoms with Gasteiger partial charge in [0.2, 0.25) is 5.91 Å². The minimum Gasteiger partial charge on any atom is -0.403 e. The third-order valence-corrected chi connectivity index (χ3v) is 6.93. The van der Waals surface area contributed by atoms with Crippen molar-refractivity contribution < 1.29 is 14.1 Å². The van der Waals surface area contributed by atoms with Crippen molar-refractivity contribution in [2.45, 2.75) is 111 Å². The van der Waals surface area contributed by atoms with E-state index in [9.17, 15) is 4.79 Å². The summed E-state index contributed by atoms with van der Waals surface area (Å²) in [5.41, 5.74) is -0.999. The number of carbonyl (C=O) groups is 1. The third kappa shape index (κ3) is 4.65. The molecule has 26 heavy (non-hydrogen) atoms. The summed E-state index contributed by atoms with van der Waals surface area (Å²) in [4.78, 5) is 13.0. The molecule has 0 aromatic carbocycles. The highest BCUT2D eigenvalue weighted by atomic mass is 16.7. The van der Waals surface area contributed by atoms with Crippen molar-refractivity contribution in [3.63, 3.8) is 0 Å². The number of carbonyl (C=O) groups excluding carboxylic acids is 1. The van der Waals surface area contributed by atoms with Gasteiger partial charge in [0.05, 0.1) is 11.2 Å². The fourth-order valence-corrected chi connectivity index (χ4v) is 4.21. The van der Waals surface area contributed by atoms with E-state index in [1.54, 1.807) is 0 Å². The van der Waals surface area contributed by atoms with Crippen molar-refractivity contribution in [2.24, 2.45) is 17.3 Å². The Bertz CT molecular complexity index is 510. The zero-order chi connectivity index (χ0) is 20.0. The average Bonchev–Trinajstić information content (AvgIpc) is 2.66. The molecular formula is C21H40BNO3. The predicted octanol–water partition coefficient (Wildman–Crippen LogP) is 4.83. The quantitative estimate of drug-likeness (QED) is 0.726. The van der Waals surface area contributed by atoms with Crippen LogP contribution in [0.2, 0.25) is 6.32 Å². The number of hydrogen-bond acceptors (Lipinski definition) is 3. The van der Waals surface area contributed by atoms with Crippen molar-refractivity contribution in [2.75, 3.05) is 0 Å². The molecule has 0 radical (unpaired) electrons. The highest BCUT2D eigenvalue weighted by Gasteiger charge is 2.51. The Balaban J connectivity index is 1.95. The zero-order valence-corrected chi connectivity index (χ0v) is 18.5. The summed E-state index contributed by atoms with van der Waals surface area (Å²) in [7, 11) is -0.131. The lowest BCUT2D eigenvalue weighted by Crippen LogP contribution is -2.52. The Morgan fingerprint density at radius 2 is 1.62 bits per heavy atom. The van der Waals surface area contributed by atoms with Crippen LogP contribution in [0.3, 0.4) is 0 Å². The molecule has 1 aliphatic carbocycles. The SMILES string of the molecule is C[C@H]1CC[C@@H](CCB2OC(C)(C)C(C)(C)O2)C[C@@]1(C)C(=O)NC(C)(C)C. The van der Waals surface area contributed by atoms with Gasteiger partial charge in [0, 0.05) is 11.0 Å². The number of nitrogens with one attached hydrogen (secondary N) is 1. The van der Waals surface area contributed by atoms with E-state index in [2.05, 4.69) is 67.6 Å². The van der Waals surface area contributed by atoms with Crippen molar-refractivity contribution in [3.8, 4) is 0 Å². The summed E-state index contributed by atoms with van der Waals surface area (Å²) in [6.45, 7) is 18.9. The molecule has 2 aliphatic rings. The van der Waals surface area contributed by atoms with Gasteiger partial charge in [0.25, 0.3) is 0 Å². The topological polar surface area (TPSA) is 47.6 Å². The van der Waals surface area contributed by atoms with E-state index in [1.807, 2.05) is 0 Å². The van der Waals surface area contributed by atoms with Crippen molar-refractivity contribution in [3.05, 3.63) is 0 Å². The summed E-state index contributed by atoms with van der Waals surface area (Å²) in [6.07, 6.45) is 5.22. The molecule has 0 aromatic heterocycles. The maximum absolute atomic E-state index is 13.0. The Morgan fingerprint density at radius 3 is 2.12 bits per heavy atom. The molecule has 1 heterocycles. The van der Waals surface area contributed by atoms with Gasteiger partial charge in [-0.3, -0.25) is 4.79 Å². The van der Waals surface area contributed by atoms with Crippen LogP contribution in [0, 0.1) is 17.3 Å². The Morgan fingerprint density at radius 1 is 1.08 bits per heavy atom. The van der Waals surface area contributed by atoms with E-state index in [-0.39, 0.29) is 35.2 Å². The summed E-state index contributed by atoms with van der Waals surface area (Å²) in [5, 5.41) is 3.21. The highest BCUT2D eigenvalue weighted by molar-refractivity contribution is 6.45. The standard InChI is InChI=1S/C21H40BNO3/c1-15-10-11-16(14-21(15,9)17(24)23-18(2,3)4)12-13-22-25-19(5,6)20(7,8)26-22/h15-16H,10-14H2,1-9H3,(H,23,24)/t15-,16-,21+/m0/s1. The van der Waals surface area contributed by atoms with E-state index >= 15 is 0 Å². The van der Waals surface area contributed by atoms with Gasteiger partial charge in [0.15, 0.2) is 0 Å². The van der Waals surface area contributed by atoms with E-state index in [0.29, 0.717) is 11.8 Å². The van der Waals surface area contributed by atoms with Crippen LogP contribution in [0.4, 0.5) is 0 Å². The van der Waals surface area contributed by atoms with Gasteiger partial charge in [-0.1, -0.05) is 26.7 Å². The molecule has 2 rings (SSSR count). The van der Waals surface area contributed by atoms with Crippen LogP contribution in [-0.2, 0) is 14.1 Å². The molecule has 1 amide bonds. The second-order valence-corrected chi connectivity index (χ2v) is 10.9. The third-order valence-electron chi connectivity index (χ3n) is 6.93. The lowest BCUT2D eigenvalue weighted by Gasteiger charge is -2.43. The highest BCUT2D eigenvalue weighted by Crippen LogP contribution is 2.46. The van der Waals surface area contributed by atoms with Crippen LogP contribution >= 0.6 is 0 Å². The Kier molecular flexibility index (Phi) is 5.96. The first-order valence-corrected chi connectivity index (χ1v) is 10.3. The van der Waals surface area contributed by atoms with E-state index in [0.717, 1.165) is 25.6 Å². The van der Waals surface area contributed by atoms with Gasteiger partial charge in [-0.05, 0) is 79.5 Å². The fourth-order valence-electron chi connectivity index (χ4n) is 4.21. The van der Waals surface area contributed by atoms with E-state index in [1.165, 1.54) is 6.42 Å². The first-order valence-electron chi connectivity index (χ1n) is 10.3. The summed E-state index contributed by atoms with van der Waals surface area (Å²) in [6, 6.07) is 0. The van der Waals surface area contributed by atoms with Gasteiger partial charge < -0.3 is 14.6 Å². The monoisotopic (exact) mass is 365 g/mol. The maximum Gasteiger partial charge on any atom is 0.457 e. The smallest absolute Gasteiger partial charge is 0.403 e. The summed E-state index contributed by atoms with van der Waals surface area (Å²) >= 11 is 0. The molecule has 4 nitrogen and oxygen atoms in total. The molecule has 0 unspecified atom stereocenters. The van der Waals surface area contributed by atoms with Gasteiger partial charge in [-0.2, -0.15) is 0 Å². The minimum atomic E-state index is -0.286. The molecular weight excluding hydrogens is 325 g/mol. The lowest BCUT2D eigenvalue weighted by atomic mass is 9.62. The first kappa shape index (κ1) is 21.8. The molecule has 0 spiro atoms. The average molecular weight is 365 g/mol. The summed E-state index contributed by atoms with van der Waals surface area (Å²) < 4.78 is 12.3. The molecule has 0 bridgehead atoms. The van der Waals surface area contributed by atoms with Crippen molar-refractivity contribution in [1.82, 2.24) is 5.32 Å². The van der Waals surface area contributed by atoms with Gasteiger partial charge in [-0.25, -0.2) is 0 Å². The molecule has 1 aliphatic heterocycles. The molecule has 1 N–H and O–H groups in total. The largest absolute Gasteiger partial charge is 0.457 e. The second kappa shape index (κ2) is 7.12. The number of amides is 1. The Labute approximate surface area is 161 Å². The zero-order valence-electron chi connectivity index (χ0n) is 18.5. The normalized spacial score (nSPS) is 34.0. The number of hydrogen-bond donors (Lipinski definition) is 1. The fraction of sp³-hybridized carbons (Fsp3) is 0.952. The van der Waals surface area contributed by atoms with Gasteiger partial charge >= 0.3 is 7.12 Å². The van der Waals surface area contributed by atoms with Crippen LogP contribution in [0.1, 0.15) is 88.0 Å². The molecule has 1 saturated carbocycles. The minimum absolute atomic E-state index is 0.131. The molecule has 0 aromatic rings. The first-order chi connectivity index (χ1) is 11.7. The molecule has 3 atom stereocenters. The van der Waals surface area contributed by atoms with Crippen molar-refractivity contribution >= 4 is 13.0 Å². The van der Waals surface area contributed by atoms with Gasteiger partial charge in [-0.15, -0.1) is 0 Å². The molecule has 5 heteroatoms. The molecule has 2 fully saturated rings. The molecule has 1 saturated heterocycles. The maximum atomic E-state index is 13.0. The predicted molar refractivity (Wildman–Crippen MR) is 108 cm³/mol. The lowest BCUT2D eigenvalue weighted by molar-refractivity contribution is -0.137.